The van der Waals surface area contributed by atoms with Gasteiger partial charge in [0.25, 0.3) is 0 Å². The van der Waals surface area contributed by atoms with Crippen LogP contribution in [0.3, 0.4) is 0 Å². The molecule has 0 saturated heterocycles. The predicted molar refractivity (Wildman–Crippen MR) is 67.1 cm³/mol. The molecule has 4 heteroatoms. The number of nitrogens with two attached hydrogens (primary N) is 1. The Morgan fingerprint density at radius 1 is 1.38 bits per heavy atom. The summed E-state index contributed by atoms with van der Waals surface area (Å²) in [5, 5.41) is 2.01. The fourth-order valence-electron chi connectivity index (χ4n) is 1.66. The van der Waals surface area contributed by atoms with Gasteiger partial charge in [-0.25, -0.2) is 10.4 Å². The van der Waals surface area contributed by atoms with Gasteiger partial charge in [-0.2, -0.15) is 0 Å². The number of benzene rings is 1. The van der Waals surface area contributed by atoms with Crippen LogP contribution >= 0.6 is 11.3 Å². The maximum Gasteiger partial charge on any atom is 0.0889 e. The minimum atomic E-state index is -0.0165. The number of hydrogen-bond acceptors (Lipinski definition) is 4. The molecule has 0 amide bonds. The summed E-state index contributed by atoms with van der Waals surface area (Å²) in [4.78, 5) is 4.28. The van der Waals surface area contributed by atoms with Crippen LogP contribution in [0.1, 0.15) is 29.8 Å². The van der Waals surface area contributed by atoms with Crippen molar-refractivity contribution >= 4 is 11.3 Å². The lowest BCUT2D eigenvalue weighted by molar-refractivity contribution is 0.624. The highest BCUT2D eigenvalue weighted by Gasteiger charge is 2.13. The Balaban J connectivity index is 2.27. The summed E-state index contributed by atoms with van der Waals surface area (Å²) in [6.07, 6.45) is 1.05. The van der Waals surface area contributed by atoms with E-state index in [1.54, 1.807) is 11.3 Å². The lowest BCUT2D eigenvalue weighted by atomic mass is 10.0. The van der Waals surface area contributed by atoms with Gasteiger partial charge in [-0.15, -0.1) is 11.3 Å². The number of hydrazine groups is 1. The molecule has 3 nitrogen and oxygen atoms in total. The van der Waals surface area contributed by atoms with Crippen LogP contribution in [0.5, 0.6) is 0 Å². The molecule has 1 aromatic carbocycles. The van der Waals surface area contributed by atoms with Crippen molar-refractivity contribution in [2.45, 2.75) is 19.4 Å². The molecule has 2 rings (SSSR count). The van der Waals surface area contributed by atoms with Crippen molar-refractivity contribution in [3.05, 3.63) is 52.0 Å². The lowest BCUT2D eigenvalue weighted by Gasteiger charge is -2.14. The molecule has 0 radical (unpaired) electrons. The molecule has 3 N–H and O–H groups in total. The molecule has 1 aromatic heterocycles. The predicted octanol–water partition coefficient (Wildman–Crippen LogP) is 2.26. The van der Waals surface area contributed by atoms with E-state index in [1.165, 1.54) is 5.56 Å². The number of rotatable bonds is 4. The lowest BCUT2D eigenvalue weighted by Crippen LogP contribution is -2.29. The SMILES string of the molecule is CCc1ccc(C(NN)c2cscn2)cc1. The molecule has 0 bridgehead atoms. The molecular weight excluding hydrogens is 218 g/mol. The van der Waals surface area contributed by atoms with Crippen LogP contribution in [0.15, 0.2) is 35.2 Å². The number of aryl methyl sites for hydroxylation is 1. The third kappa shape index (κ3) is 2.29. The van der Waals surface area contributed by atoms with E-state index in [0.29, 0.717) is 0 Å². The number of thiazole rings is 1. The first-order valence-electron chi connectivity index (χ1n) is 5.28. The molecule has 1 unspecified atom stereocenters. The largest absolute Gasteiger partial charge is 0.271 e. The summed E-state index contributed by atoms with van der Waals surface area (Å²) >= 11 is 1.58. The van der Waals surface area contributed by atoms with Crippen LogP contribution in [-0.4, -0.2) is 4.98 Å². The van der Waals surface area contributed by atoms with Gasteiger partial charge in [0, 0.05) is 5.38 Å². The van der Waals surface area contributed by atoms with Crippen molar-refractivity contribution < 1.29 is 0 Å². The topological polar surface area (TPSA) is 50.9 Å². The van der Waals surface area contributed by atoms with E-state index in [0.717, 1.165) is 17.7 Å². The maximum atomic E-state index is 5.58. The zero-order valence-corrected chi connectivity index (χ0v) is 10.00. The summed E-state index contributed by atoms with van der Waals surface area (Å²) in [5.41, 5.74) is 8.07. The standard InChI is InChI=1S/C12H15N3S/c1-2-9-3-5-10(6-4-9)12(15-13)11-7-16-8-14-11/h3-8,12,15H,2,13H2,1H3. The molecule has 1 atom stereocenters. The molecule has 16 heavy (non-hydrogen) atoms. The molecule has 0 fully saturated rings. The summed E-state index contributed by atoms with van der Waals surface area (Å²) in [7, 11) is 0. The van der Waals surface area contributed by atoms with Crippen molar-refractivity contribution in [3.63, 3.8) is 0 Å². The summed E-state index contributed by atoms with van der Waals surface area (Å²) < 4.78 is 0. The summed E-state index contributed by atoms with van der Waals surface area (Å²) in [6.45, 7) is 2.15. The number of nitrogens with zero attached hydrogens (tertiary/aromatic N) is 1. The molecular formula is C12H15N3S. The van der Waals surface area contributed by atoms with E-state index in [-0.39, 0.29) is 6.04 Å². The molecule has 0 spiro atoms. The van der Waals surface area contributed by atoms with E-state index in [9.17, 15) is 0 Å². The van der Waals surface area contributed by atoms with Crippen molar-refractivity contribution in [1.82, 2.24) is 10.4 Å². The second-order valence-corrected chi connectivity index (χ2v) is 4.33. The zero-order valence-electron chi connectivity index (χ0n) is 9.18. The number of nitrogens with one attached hydrogen (secondary N) is 1. The van der Waals surface area contributed by atoms with Gasteiger partial charge in [0.05, 0.1) is 17.2 Å². The second-order valence-electron chi connectivity index (χ2n) is 3.61. The molecule has 0 aliphatic heterocycles. The summed E-state index contributed by atoms with van der Waals surface area (Å²) in [5.74, 6) is 5.58. The first kappa shape index (κ1) is 11.3. The Hall–Kier alpha value is -1.23. The molecule has 2 aromatic rings. The molecule has 0 aliphatic rings. The van der Waals surface area contributed by atoms with Gasteiger partial charge in [0.15, 0.2) is 0 Å². The minimum absolute atomic E-state index is 0.0165. The number of aromatic nitrogens is 1. The van der Waals surface area contributed by atoms with Gasteiger partial charge in [-0.05, 0) is 17.5 Å². The third-order valence-electron chi connectivity index (χ3n) is 2.64. The summed E-state index contributed by atoms with van der Waals surface area (Å²) in [6, 6.07) is 8.45. The highest BCUT2D eigenvalue weighted by Crippen LogP contribution is 2.21. The van der Waals surface area contributed by atoms with E-state index in [2.05, 4.69) is 41.6 Å². The zero-order chi connectivity index (χ0) is 11.4. The smallest absolute Gasteiger partial charge is 0.0889 e. The Kier molecular flexibility index (Phi) is 3.66. The molecule has 0 saturated carbocycles. The van der Waals surface area contributed by atoms with E-state index < -0.39 is 0 Å². The van der Waals surface area contributed by atoms with Gasteiger partial charge >= 0.3 is 0 Å². The van der Waals surface area contributed by atoms with Crippen molar-refractivity contribution in [2.24, 2.45) is 5.84 Å². The Morgan fingerprint density at radius 2 is 2.12 bits per heavy atom. The monoisotopic (exact) mass is 233 g/mol. The van der Waals surface area contributed by atoms with Crippen LogP contribution in [0.4, 0.5) is 0 Å². The highest BCUT2D eigenvalue weighted by atomic mass is 32.1. The quantitative estimate of drug-likeness (QED) is 0.629. The average Bonchev–Trinajstić information content (AvgIpc) is 2.85. The van der Waals surface area contributed by atoms with Gasteiger partial charge < -0.3 is 0 Å². The van der Waals surface area contributed by atoms with Crippen molar-refractivity contribution in [1.29, 1.82) is 0 Å². The molecule has 84 valence electrons. The van der Waals surface area contributed by atoms with Crippen LogP contribution < -0.4 is 11.3 Å². The fraction of sp³-hybridized carbons (Fsp3) is 0.250. The minimum Gasteiger partial charge on any atom is -0.271 e. The van der Waals surface area contributed by atoms with E-state index in [4.69, 9.17) is 5.84 Å². The first-order valence-corrected chi connectivity index (χ1v) is 6.22. The first-order chi connectivity index (χ1) is 7.85. The van der Waals surface area contributed by atoms with E-state index >= 15 is 0 Å². The fourth-order valence-corrected chi connectivity index (χ4v) is 2.24. The van der Waals surface area contributed by atoms with Crippen LogP contribution in [0.2, 0.25) is 0 Å². The van der Waals surface area contributed by atoms with Crippen LogP contribution in [-0.2, 0) is 6.42 Å². The van der Waals surface area contributed by atoms with Gasteiger partial charge in [0.2, 0.25) is 0 Å². The second kappa shape index (κ2) is 5.21. The van der Waals surface area contributed by atoms with Crippen molar-refractivity contribution in [2.75, 3.05) is 0 Å². The average molecular weight is 233 g/mol. The molecule has 0 aliphatic carbocycles. The normalized spacial score (nSPS) is 12.6. The number of hydrogen-bond donors (Lipinski definition) is 2. The van der Waals surface area contributed by atoms with Gasteiger partial charge in [-0.1, -0.05) is 31.2 Å². The highest BCUT2D eigenvalue weighted by molar-refractivity contribution is 7.07. The van der Waals surface area contributed by atoms with E-state index in [1.807, 2.05) is 10.9 Å². The van der Waals surface area contributed by atoms with Gasteiger partial charge in [-0.3, -0.25) is 5.84 Å². The Morgan fingerprint density at radius 3 is 2.62 bits per heavy atom. The van der Waals surface area contributed by atoms with Crippen LogP contribution in [0.25, 0.3) is 0 Å². The van der Waals surface area contributed by atoms with Crippen LogP contribution in [0, 0.1) is 0 Å². The molecule has 1 heterocycles. The Labute approximate surface area is 99.3 Å². The van der Waals surface area contributed by atoms with Crippen molar-refractivity contribution in [3.8, 4) is 0 Å². The maximum absolute atomic E-state index is 5.58. The third-order valence-corrected chi connectivity index (χ3v) is 3.24. The Bertz CT molecular complexity index is 422. The van der Waals surface area contributed by atoms with Gasteiger partial charge in [0.1, 0.15) is 0 Å².